The van der Waals surface area contributed by atoms with Crippen molar-refractivity contribution in [2.24, 2.45) is 0 Å². The normalized spacial score (nSPS) is 16.4. The summed E-state index contributed by atoms with van der Waals surface area (Å²) in [6, 6.07) is 18.9. The molecule has 0 spiro atoms. The average Bonchev–Trinajstić information content (AvgIpc) is 2.76. The Morgan fingerprint density at radius 1 is 1.04 bits per heavy atom. The lowest BCUT2D eigenvalue weighted by Gasteiger charge is -2.33. The second-order valence-corrected chi connectivity index (χ2v) is 6.30. The highest BCUT2D eigenvalue weighted by Gasteiger charge is 2.25. The number of aromatic nitrogens is 2. The van der Waals surface area contributed by atoms with Gasteiger partial charge in [-0.15, -0.1) is 0 Å². The highest BCUT2D eigenvalue weighted by atomic mass is 16.5. The molecule has 1 fully saturated rings. The average molecular weight is 376 g/mol. The van der Waals surface area contributed by atoms with Crippen LogP contribution >= 0.6 is 0 Å². The zero-order valence-corrected chi connectivity index (χ0v) is 15.2. The van der Waals surface area contributed by atoms with Gasteiger partial charge in [-0.3, -0.25) is 0 Å². The lowest BCUT2D eigenvalue weighted by atomic mass is 10.1. The smallest absolute Gasteiger partial charge is 0.322 e. The first-order valence-corrected chi connectivity index (χ1v) is 9.05. The minimum Gasteiger partial charge on any atom is -0.424 e. The molecule has 2 heterocycles. The number of rotatable bonds is 4. The summed E-state index contributed by atoms with van der Waals surface area (Å²) < 4.78 is 11.4. The predicted octanol–water partition coefficient (Wildman–Crippen LogP) is 3.87. The minimum absolute atomic E-state index is 0.109. The quantitative estimate of drug-likeness (QED) is 0.748. The predicted molar refractivity (Wildman–Crippen MR) is 104 cm³/mol. The van der Waals surface area contributed by atoms with Gasteiger partial charge in [-0.2, -0.15) is 0 Å². The van der Waals surface area contributed by atoms with E-state index in [0.717, 1.165) is 5.56 Å². The zero-order chi connectivity index (χ0) is 19.2. The number of morpholine rings is 1. The number of amides is 2. The second kappa shape index (κ2) is 8.49. The first-order valence-electron chi connectivity index (χ1n) is 9.05. The van der Waals surface area contributed by atoms with E-state index in [-0.39, 0.29) is 18.1 Å². The Kier molecular flexibility index (Phi) is 5.44. The van der Waals surface area contributed by atoms with Gasteiger partial charge >= 0.3 is 12.0 Å². The molecule has 7 nitrogen and oxygen atoms in total. The van der Waals surface area contributed by atoms with Gasteiger partial charge in [-0.25, -0.2) is 14.8 Å². The van der Waals surface area contributed by atoms with Crippen molar-refractivity contribution in [2.45, 2.75) is 6.10 Å². The van der Waals surface area contributed by atoms with Crippen LogP contribution < -0.4 is 10.1 Å². The molecule has 7 heteroatoms. The van der Waals surface area contributed by atoms with Crippen LogP contribution in [0.4, 0.5) is 10.5 Å². The molecule has 4 rings (SSSR count). The highest BCUT2D eigenvalue weighted by Crippen LogP contribution is 2.23. The summed E-state index contributed by atoms with van der Waals surface area (Å²) in [4.78, 5) is 22.4. The van der Waals surface area contributed by atoms with E-state index in [1.807, 2.05) is 30.3 Å². The Labute approximate surface area is 163 Å². The largest absolute Gasteiger partial charge is 0.424 e. The van der Waals surface area contributed by atoms with Gasteiger partial charge < -0.3 is 19.7 Å². The molecule has 2 amide bonds. The van der Waals surface area contributed by atoms with Crippen molar-refractivity contribution < 1.29 is 14.3 Å². The molecule has 1 N–H and O–H groups in total. The number of carbonyl (C=O) groups excluding carboxylic acids is 1. The van der Waals surface area contributed by atoms with Gasteiger partial charge in [0.15, 0.2) is 0 Å². The van der Waals surface area contributed by atoms with Crippen LogP contribution in [0.15, 0.2) is 73.1 Å². The van der Waals surface area contributed by atoms with Crippen LogP contribution in [0.25, 0.3) is 0 Å². The van der Waals surface area contributed by atoms with Crippen LogP contribution in [0.2, 0.25) is 0 Å². The van der Waals surface area contributed by atoms with Crippen molar-refractivity contribution in [3.8, 4) is 11.8 Å². The monoisotopic (exact) mass is 376 g/mol. The second-order valence-electron chi connectivity index (χ2n) is 6.30. The van der Waals surface area contributed by atoms with Gasteiger partial charge in [0.2, 0.25) is 0 Å². The molecule has 1 aliphatic rings. The summed E-state index contributed by atoms with van der Waals surface area (Å²) in [5.41, 5.74) is 1.76. The van der Waals surface area contributed by atoms with E-state index in [4.69, 9.17) is 9.47 Å². The molecule has 1 unspecified atom stereocenters. The van der Waals surface area contributed by atoms with Crippen molar-refractivity contribution in [2.75, 3.05) is 25.0 Å². The van der Waals surface area contributed by atoms with Crippen LogP contribution in [0, 0.1) is 0 Å². The molecule has 0 radical (unpaired) electrons. The molecule has 3 aromatic rings. The van der Waals surface area contributed by atoms with Crippen molar-refractivity contribution in [1.29, 1.82) is 0 Å². The Morgan fingerprint density at radius 3 is 2.54 bits per heavy atom. The van der Waals surface area contributed by atoms with E-state index in [2.05, 4.69) is 15.3 Å². The minimum atomic E-state index is -0.149. The lowest BCUT2D eigenvalue weighted by molar-refractivity contribution is -0.0135. The maximum Gasteiger partial charge on any atom is 0.322 e. The summed E-state index contributed by atoms with van der Waals surface area (Å²) in [6.07, 6.45) is 3.12. The number of carbonyl (C=O) groups is 1. The molecular formula is C21H20N4O3. The van der Waals surface area contributed by atoms with E-state index >= 15 is 0 Å². The molecule has 1 atom stereocenters. The van der Waals surface area contributed by atoms with Gasteiger partial charge in [0.25, 0.3) is 0 Å². The fourth-order valence-corrected chi connectivity index (χ4v) is 2.96. The van der Waals surface area contributed by atoms with E-state index < -0.39 is 0 Å². The number of nitrogens with zero attached hydrogens (tertiary/aromatic N) is 3. The molecule has 1 aromatic heterocycles. The summed E-state index contributed by atoms with van der Waals surface area (Å²) in [5, 5.41) is 2.92. The van der Waals surface area contributed by atoms with Gasteiger partial charge in [0.1, 0.15) is 11.9 Å². The van der Waals surface area contributed by atoms with Crippen LogP contribution in [0.3, 0.4) is 0 Å². The maximum absolute atomic E-state index is 12.6. The van der Waals surface area contributed by atoms with Crippen molar-refractivity contribution in [3.63, 3.8) is 0 Å². The van der Waals surface area contributed by atoms with Gasteiger partial charge in [-0.1, -0.05) is 30.3 Å². The highest BCUT2D eigenvalue weighted by molar-refractivity contribution is 5.89. The van der Waals surface area contributed by atoms with Crippen LogP contribution in [0.5, 0.6) is 11.8 Å². The fourth-order valence-electron chi connectivity index (χ4n) is 2.96. The van der Waals surface area contributed by atoms with E-state index in [0.29, 0.717) is 31.1 Å². The summed E-state index contributed by atoms with van der Waals surface area (Å²) >= 11 is 0. The van der Waals surface area contributed by atoms with E-state index in [1.165, 1.54) is 0 Å². The summed E-state index contributed by atoms with van der Waals surface area (Å²) in [7, 11) is 0. The third-order valence-corrected chi connectivity index (χ3v) is 4.38. The van der Waals surface area contributed by atoms with E-state index in [1.54, 1.807) is 47.6 Å². The van der Waals surface area contributed by atoms with Crippen LogP contribution in [-0.4, -0.2) is 40.6 Å². The third-order valence-electron chi connectivity index (χ3n) is 4.38. The number of hydrogen-bond acceptors (Lipinski definition) is 5. The van der Waals surface area contributed by atoms with E-state index in [9.17, 15) is 4.79 Å². The van der Waals surface area contributed by atoms with Gasteiger partial charge in [0, 0.05) is 24.6 Å². The number of ether oxygens (including phenoxy) is 2. The Balaban J connectivity index is 1.35. The van der Waals surface area contributed by atoms with Gasteiger partial charge in [0.05, 0.1) is 13.2 Å². The van der Waals surface area contributed by atoms with Crippen molar-refractivity contribution in [1.82, 2.24) is 14.9 Å². The number of urea groups is 1. The lowest BCUT2D eigenvalue weighted by Crippen LogP contribution is -2.44. The molecule has 28 heavy (non-hydrogen) atoms. The standard InChI is InChI=1S/C21H20N4O3/c26-21(25-13-14-27-19(15-25)16-5-2-1-3-6-16)24-17-7-9-18(10-8-17)28-20-22-11-4-12-23-20/h1-12,19H,13-15H2,(H,24,26). The Morgan fingerprint density at radius 2 is 1.79 bits per heavy atom. The number of hydrogen-bond donors (Lipinski definition) is 1. The maximum atomic E-state index is 12.6. The number of anilines is 1. The van der Waals surface area contributed by atoms with Crippen molar-refractivity contribution in [3.05, 3.63) is 78.6 Å². The number of nitrogens with one attached hydrogen (secondary N) is 1. The first kappa shape index (κ1) is 17.9. The molecule has 2 aromatic carbocycles. The zero-order valence-electron chi connectivity index (χ0n) is 15.2. The molecule has 142 valence electrons. The SMILES string of the molecule is O=C(Nc1ccc(Oc2ncccn2)cc1)N1CCOC(c2ccccc2)C1. The molecular weight excluding hydrogens is 356 g/mol. The third kappa shape index (κ3) is 4.44. The molecule has 1 saturated heterocycles. The molecule has 0 aliphatic carbocycles. The summed E-state index contributed by atoms with van der Waals surface area (Å²) in [6.45, 7) is 1.58. The molecule has 0 saturated carbocycles. The first-order chi connectivity index (χ1) is 13.8. The number of benzene rings is 2. The van der Waals surface area contributed by atoms with Crippen LogP contribution in [0.1, 0.15) is 11.7 Å². The molecule has 1 aliphatic heterocycles. The van der Waals surface area contributed by atoms with Gasteiger partial charge in [-0.05, 0) is 35.9 Å². The Hall–Kier alpha value is -3.45. The van der Waals surface area contributed by atoms with Crippen LogP contribution in [-0.2, 0) is 4.74 Å². The molecule has 0 bridgehead atoms. The fraction of sp³-hybridized carbons (Fsp3) is 0.190. The Bertz CT molecular complexity index is 904. The topological polar surface area (TPSA) is 76.6 Å². The van der Waals surface area contributed by atoms with Crippen molar-refractivity contribution >= 4 is 11.7 Å². The summed E-state index contributed by atoms with van der Waals surface area (Å²) in [5.74, 6) is 0.597.